The zero-order chi connectivity index (χ0) is 24.1. The summed E-state index contributed by atoms with van der Waals surface area (Å²) >= 11 is 0. The zero-order valence-corrected chi connectivity index (χ0v) is 22.8. The smallest absolute Gasteiger partial charge is 0.0642 e. The maximum absolute atomic E-state index is 5.87. The van der Waals surface area contributed by atoms with Crippen molar-refractivity contribution in [2.75, 3.05) is 33.5 Å². The third kappa shape index (κ3) is 27.5. The van der Waals surface area contributed by atoms with E-state index in [1.165, 1.54) is 109 Å². The topological polar surface area (TPSA) is 30.5 Å². The van der Waals surface area contributed by atoms with Crippen molar-refractivity contribution in [2.24, 2.45) is 0 Å². The van der Waals surface area contributed by atoms with E-state index in [0.717, 1.165) is 32.8 Å². The summed E-state index contributed by atoms with van der Waals surface area (Å²) in [7, 11) is 2.00. The lowest BCUT2D eigenvalue weighted by Gasteiger charge is -2.16. The van der Waals surface area contributed by atoms with Gasteiger partial charge >= 0.3 is 0 Å². The zero-order valence-electron chi connectivity index (χ0n) is 22.8. The minimum absolute atomic E-state index is 0.315. The van der Waals surface area contributed by atoms with E-state index in [0.29, 0.717) is 6.04 Å². The van der Waals surface area contributed by atoms with Crippen molar-refractivity contribution in [1.29, 1.82) is 0 Å². The molecule has 196 valence electrons. The Bertz CT molecular complexity index is 408. The van der Waals surface area contributed by atoms with Crippen LogP contribution >= 0.6 is 0 Å². The molecule has 0 aromatic heterocycles. The SMILES string of the molecule is CCCCC/C=C\C/C=C\CCCCCCCCOC[C@H](COCCCCCCCC)NC. The second-order valence-electron chi connectivity index (χ2n) is 9.49. The molecule has 0 bridgehead atoms. The van der Waals surface area contributed by atoms with Gasteiger partial charge in [-0.15, -0.1) is 0 Å². The van der Waals surface area contributed by atoms with Crippen LogP contribution in [-0.2, 0) is 9.47 Å². The first-order valence-corrected chi connectivity index (χ1v) is 14.5. The van der Waals surface area contributed by atoms with E-state index in [2.05, 4.69) is 43.5 Å². The molecular formula is C30H59NO2. The lowest BCUT2D eigenvalue weighted by Crippen LogP contribution is -2.35. The van der Waals surface area contributed by atoms with E-state index < -0.39 is 0 Å². The number of rotatable bonds is 27. The summed E-state index contributed by atoms with van der Waals surface area (Å²) in [5.41, 5.74) is 0. The summed E-state index contributed by atoms with van der Waals surface area (Å²) < 4.78 is 11.7. The van der Waals surface area contributed by atoms with E-state index in [-0.39, 0.29) is 0 Å². The molecule has 0 saturated carbocycles. The van der Waals surface area contributed by atoms with Crippen LogP contribution in [0.4, 0.5) is 0 Å². The van der Waals surface area contributed by atoms with Gasteiger partial charge in [0.05, 0.1) is 19.3 Å². The monoisotopic (exact) mass is 465 g/mol. The van der Waals surface area contributed by atoms with Gasteiger partial charge in [-0.2, -0.15) is 0 Å². The highest BCUT2D eigenvalue weighted by Crippen LogP contribution is 2.09. The number of ether oxygens (including phenoxy) is 2. The van der Waals surface area contributed by atoms with Gasteiger partial charge in [-0.1, -0.05) is 109 Å². The molecule has 0 amide bonds. The molecule has 1 atom stereocenters. The molecule has 0 aromatic rings. The molecule has 0 unspecified atom stereocenters. The van der Waals surface area contributed by atoms with Crippen LogP contribution in [0.25, 0.3) is 0 Å². The van der Waals surface area contributed by atoms with Crippen LogP contribution < -0.4 is 5.32 Å². The van der Waals surface area contributed by atoms with Crippen molar-refractivity contribution in [3.8, 4) is 0 Å². The number of likely N-dealkylation sites (N-methyl/N-ethyl adjacent to an activating group) is 1. The lowest BCUT2D eigenvalue weighted by molar-refractivity contribution is 0.0553. The third-order valence-electron chi connectivity index (χ3n) is 6.18. The normalized spacial score (nSPS) is 12.9. The first-order chi connectivity index (χ1) is 16.3. The summed E-state index contributed by atoms with van der Waals surface area (Å²) in [5, 5.41) is 3.32. The number of allylic oxidation sites excluding steroid dienone is 4. The minimum atomic E-state index is 0.315. The Morgan fingerprint density at radius 1 is 0.545 bits per heavy atom. The molecule has 0 radical (unpaired) electrons. The Hall–Kier alpha value is -0.640. The fraction of sp³-hybridized carbons (Fsp3) is 0.867. The number of hydrogen-bond donors (Lipinski definition) is 1. The van der Waals surface area contributed by atoms with Crippen LogP contribution in [0.1, 0.15) is 129 Å². The molecular weight excluding hydrogens is 406 g/mol. The summed E-state index contributed by atoms with van der Waals surface area (Å²) in [6.07, 6.45) is 32.7. The van der Waals surface area contributed by atoms with E-state index in [1.54, 1.807) is 0 Å². The van der Waals surface area contributed by atoms with Crippen molar-refractivity contribution in [3.63, 3.8) is 0 Å². The molecule has 0 heterocycles. The summed E-state index contributed by atoms with van der Waals surface area (Å²) in [5.74, 6) is 0. The molecule has 0 rings (SSSR count). The van der Waals surface area contributed by atoms with Crippen LogP contribution in [0, 0.1) is 0 Å². The van der Waals surface area contributed by atoms with Gasteiger partial charge in [0.1, 0.15) is 0 Å². The van der Waals surface area contributed by atoms with Gasteiger partial charge in [0.2, 0.25) is 0 Å². The summed E-state index contributed by atoms with van der Waals surface area (Å²) in [4.78, 5) is 0. The molecule has 0 saturated heterocycles. The Morgan fingerprint density at radius 2 is 0.970 bits per heavy atom. The fourth-order valence-electron chi connectivity index (χ4n) is 3.84. The van der Waals surface area contributed by atoms with Gasteiger partial charge in [-0.05, 0) is 52.0 Å². The van der Waals surface area contributed by atoms with Crippen LogP contribution in [-0.4, -0.2) is 39.5 Å². The second kappa shape index (κ2) is 29.4. The third-order valence-corrected chi connectivity index (χ3v) is 6.18. The lowest BCUT2D eigenvalue weighted by atomic mass is 10.1. The van der Waals surface area contributed by atoms with Crippen molar-refractivity contribution < 1.29 is 9.47 Å². The van der Waals surface area contributed by atoms with Crippen LogP contribution in [0.2, 0.25) is 0 Å². The number of nitrogens with one attached hydrogen (secondary N) is 1. The highest BCUT2D eigenvalue weighted by molar-refractivity contribution is 4.92. The highest BCUT2D eigenvalue weighted by atomic mass is 16.5. The van der Waals surface area contributed by atoms with Crippen LogP contribution in [0.15, 0.2) is 24.3 Å². The maximum Gasteiger partial charge on any atom is 0.0642 e. The molecule has 0 spiro atoms. The first kappa shape index (κ1) is 32.4. The molecule has 1 N–H and O–H groups in total. The molecule has 0 aliphatic carbocycles. The van der Waals surface area contributed by atoms with E-state index in [4.69, 9.17) is 9.47 Å². The molecule has 0 aliphatic heterocycles. The Morgan fingerprint density at radius 3 is 1.48 bits per heavy atom. The predicted molar refractivity (Wildman–Crippen MR) is 147 cm³/mol. The van der Waals surface area contributed by atoms with Gasteiger partial charge in [0, 0.05) is 13.2 Å². The van der Waals surface area contributed by atoms with Gasteiger partial charge in [0.25, 0.3) is 0 Å². The summed E-state index contributed by atoms with van der Waals surface area (Å²) in [6, 6.07) is 0.315. The van der Waals surface area contributed by atoms with E-state index >= 15 is 0 Å². The van der Waals surface area contributed by atoms with Gasteiger partial charge in [0.15, 0.2) is 0 Å². The highest BCUT2D eigenvalue weighted by Gasteiger charge is 2.06. The number of unbranched alkanes of at least 4 members (excludes halogenated alkanes) is 14. The van der Waals surface area contributed by atoms with Crippen LogP contribution in [0.5, 0.6) is 0 Å². The average molecular weight is 466 g/mol. The van der Waals surface area contributed by atoms with Gasteiger partial charge < -0.3 is 14.8 Å². The van der Waals surface area contributed by atoms with Crippen molar-refractivity contribution in [3.05, 3.63) is 24.3 Å². The van der Waals surface area contributed by atoms with Crippen LogP contribution in [0.3, 0.4) is 0 Å². The molecule has 0 aromatic carbocycles. The average Bonchev–Trinajstić information content (AvgIpc) is 2.83. The Kier molecular flexibility index (Phi) is 28.8. The van der Waals surface area contributed by atoms with Crippen molar-refractivity contribution in [2.45, 2.75) is 135 Å². The van der Waals surface area contributed by atoms with E-state index in [9.17, 15) is 0 Å². The minimum Gasteiger partial charge on any atom is -0.380 e. The Labute approximate surface area is 208 Å². The molecule has 3 heteroatoms. The number of hydrogen-bond acceptors (Lipinski definition) is 3. The second-order valence-corrected chi connectivity index (χ2v) is 9.49. The quantitative estimate of drug-likeness (QED) is 0.0971. The Balaban J connectivity index is 3.32. The standard InChI is InChI=1S/C30H59NO2/c1-4-6-8-10-12-13-14-15-16-17-18-19-20-21-23-25-27-33-29-30(31-3)28-32-26-24-22-11-9-7-5-2/h12-13,15-16,30-31H,4-11,14,17-29H2,1-3H3/b13-12-,16-15-/t30-/m0/s1. The molecule has 0 fully saturated rings. The largest absolute Gasteiger partial charge is 0.380 e. The fourth-order valence-corrected chi connectivity index (χ4v) is 3.84. The van der Waals surface area contributed by atoms with Crippen molar-refractivity contribution >= 4 is 0 Å². The molecule has 33 heavy (non-hydrogen) atoms. The van der Waals surface area contributed by atoms with Crippen molar-refractivity contribution in [1.82, 2.24) is 5.32 Å². The molecule has 0 aliphatic rings. The first-order valence-electron chi connectivity index (χ1n) is 14.5. The summed E-state index contributed by atoms with van der Waals surface area (Å²) in [6.45, 7) is 7.81. The maximum atomic E-state index is 5.87. The van der Waals surface area contributed by atoms with E-state index in [1.807, 2.05) is 7.05 Å². The van der Waals surface area contributed by atoms with Gasteiger partial charge in [-0.3, -0.25) is 0 Å². The molecule has 3 nitrogen and oxygen atoms in total. The predicted octanol–water partition coefficient (Wildman–Crippen LogP) is 8.78. The van der Waals surface area contributed by atoms with Gasteiger partial charge in [-0.25, -0.2) is 0 Å².